The molecule has 0 saturated heterocycles. The van der Waals surface area contributed by atoms with Gasteiger partial charge in [0.1, 0.15) is 0 Å². The lowest BCUT2D eigenvalue weighted by Crippen LogP contribution is -2.27. The van der Waals surface area contributed by atoms with Crippen molar-refractivity contribution >= 4 is 28.0 Å². The zero-order chi connectivity index (χ0) is 9.56. The number of amides is 1. The van der Waals surface area contributed by atoms with Crippen LogP contribution in [0.4, 0.5) is 4.79 Å². The van der Waals surface area contributed by atoms with Crippen molar-refractivity contribution in [3.05, 3.63) is 11.1 Å². The third-order valence-electron chi connectivity index (χ3n) is 0.724. The summed E-state index contributed by atoms with van der Waals surface area (Å²) in [5, 5.41) is 0. The first-order valence-electron chi connectivity index (χ1n) is 3.06. The number of carbonyl (C=O) groups excluding carboxylic acids is 2. The fourth-order valence-electron chi connectivity index (χ4n) is 0.304. The first-order valence-corrected chi connectivity index (χ1v) is 3.85. The summed E-state index contributed by atoms with van der Waals surface area (Å²) >= 11 is 2.77. The maximum absolute atomic E-state index is 10.6. The Bertz CT molecular complexity index is 204. The third kappa shape index (κ3) is 4.73. The van der Waals surface area contributed by atoms with E-state index in [2.05, 4.69) is 32.1 Å². The second-order valence-electron chi connectivity index (χ2n) is 1.62. The summed E-state index contributed by atoms with van der Waals surface area (Å²) in [7, 11) is 0. The van der Waals surface area contributed by atoms with Crippen LogP contribution < -0.4 is 5.48 Å². The van der Waals surface area contributed by atoms with Crippen molar-refractivity contribution in [2.24, 2.45) is 0 Å². The van der Waals surface area contributed by atoms with Gasteiger partial charge in [0.25, 0.3) is 0 Å². The van der Waals surface area contributed by atoms with E-state index < -0.39 is 12.1 Å². The van der Waals surface area contributed by atoms with Crippen molar-refractivity contribution in [2.75, 3.05) is 6.61 Å². The quantitative estimate of drug-likeness (QED) is 0.577. The molecule has 0 saturated carbocycles. The monoisotopic (exact) mass is 237 g/mol. The minimum atomic E-state index is -0.820. The van der Waals surface area contributed by atoms with E-state index in [9.17, 15) is 9.59 Å². The molecule has 0 atom stereocenters. The SMILES string of the molecule is C=C(Br)C(=O)ONC(=O)OCC. The Balaban J connectivity index is 3.61. The Morgan fingerprint density at radius 1 is 1.58 bits per heavy atom. The van der Waals surface area contributed by atoms with Crippen LogP contribution in [0.1, 0.15) is 6.92 Å². The second kappa shape index (κ2) is 5.59. The van der Waals surface area contributed by atoms with Gasteiger partial charge in [0.05, 0.1) is 11.1 Å². The molecule has 0 aromatic rings. The highest BCUT2D eigenvalue weighted by atomic mass is 79.9. The van der Waals surface area contributed by atoms with Gasteiger partial charge in [-0.05, 0) is 22.9 Å². The molecule has 0 radical (unpaired) electrons. The fourth-order valence-corrected chi connectivity index (χ4v) is 0.385. The van der Waals surface area contributed by atoms with Crippen molar-refractivity contribution in [1.29, 1.82) is 0 Å². The van der Waals surface area contributed by atoms with Crippen molar-refractivity contribution in [3.63, 3.8) is 0 Å². The van der Waals surface area contributed by atoms with Crippen LogP contribution in [0.15, 0.2) is 11.1 Å². The molecular weight excluding hydrogens is 230 g/mol. The Labute approximate surface area is 77.8 Å². The summed E-state index contributed by atoms with van der Waals surface area (Å²) in [6.07, 6.45) is -0.820. The summed E-state index contributed by atoms with van der Waals surface area (Å²) in [6.45, 7) is 5.07. The average Bonchev–Trinajstić information content (AvgIpc) is 2.00. The van der Waals surface area contributed by atoms with Crippen LogP contribution in [0.5, 0.6) is 0 Å². The molecule has 0 rings (SSSR count). The standard InChI is InChI=1S/C6H8BrNO4/c1-3-11-6(10)8-12-5(9)4(2)7/h2-3H2,1H3,(H,8,10). The van der Waals surface area contributed by atoms with E-state index in [0.29, 0.717) is 0 Å². The van der Waals surface area contributed by atoms with E-state index in [0.717, 1.165) is 0 Å². The van der Waals surface area contributed by atoms with Gasteiger partial charge < -0.3 is 9.57 Å². The van der Waals surface area contributed by atoms with Crippen molar-refractivity contribution in [3.8, 4) is 0 Å². The van der Waals surface area contributed by atoms with Crippen LogP contribution in [0, 0.1) is 0 Å². The number of halogens is 1. The van der Waals surface area contributed by atoms with Gasteiger partial charge in [-0.2, -0.15) is 0 Å². The molecule has 6 heteroatoms. The van der Waals surface area contributed by atoms with Gasteiger partial charge in [-0.3, -0.25) is 0 Å². The first kappa shape index (κ1) is 11.0. The minimum Gasteiger partial charge on any atom is -0.448 e. The molecular formula is C6H8BrNO4. The molecule has 0 aliphatic heterocycles. The number of ether oxygens (including phenoxy) is 1. The third-order valence-corrected chi connectivity index (χ3v) is 1.05. The van der Waals surface area contributed by atoms with Crippen LogP contribution >= 0.6 is 15.9 Å². The molecule has 0 aromatic carbocycles. The van der Waals surface area contributed by atoms with E-state index in [1.165, 1.54) is 0 Å². The van der Waals surface area contributed by atoms with Gasteiger partial charge in [-0.1, -0.05) is 6.58 Å². The summed E-state index contributed by atoms with van der Waals surface area (Å²) in [4.78, 5) is 25.3. The first-order chi connectivity index (χ1) is 5.57. The van der Waals surface area contributed by atoms with Crippen LogP contribution in [0.25, 0.3) is 0 Å². The second-order valence-corrected chi connectivity index (χ2v) is 2.57. The fraction of sp³-hybridized carbons (Fsp3) is 0.333. The Kier molecular flexibility index (Phi) is 5.11. The maximum atomic E-state index is 10.6. The molecule has 12 heavy (non-hydrogen) atoms. The lowest BCUT2D eigenvalue weighted by molar-refractivity contribution is -0.143. The van der Waals surface area contributed by atoms with Crippen LogP contribution in [0.2, 0.25) is 0 Å². The molecule has 0 unspecified atom stereocenters. The van der Waals surface area contributed by atoms with E-state index in [1.54, 1.807) is 12.4 Å². The minimum absolute atomic E-state index is 0.0132. The van der Waals surface area contributed by atoms with Gasteiger partial charge >= 0.3 is 12.1 Å². The maximum Gasteiger partial charge on any atom is 0.440 e. The molecule has 5 nitrogen and oxygen atoms in total. The van der Waals surface area contributed by atoms with Crippen molar-refractivity contribution < 1.29 is 19.2 Å². The molecule has 0 spiro atoms. The highest BCUT2D eigenvalue weighted by Crippen LogP contribution is 2.01. The van der Waals surface area contributed by atoms with E-state index >= 15 is 0 Å². The molecule has 0 aliphatic carbocycles. The van der Waals surface area contributed by atoms with Gasteiger partial charge in [0.2, 0.25) is 0 Å². The molecule has 1 amide bonds. The zero-order valence-electron chi connectivity index (χ0n) is 6.43. The highest BCUT2D eigenvalue weighted by Gasteiger charge is 2.07. The van der Waals surface area contributed by atoms with Gasteiger partial charge in [0.15, 0.2) is 0 Å². The summed E-state index contributed by atoms with van der Waals surface area (Å²) in [5.41, 5.74) is 1.76. The predicted molar refractivity (Wildman–Crippen MR) is 44.3 cm³/mol. The summed E-state index contributed by atoms with van der Waals surface area (Å²) < 4.78 is 4.41. The topological polar surface area (TPSA) is 64.6 Å². The molecule has 0 bridgehead atoms. The largest absolute Gasteiger partial charge is 0.448 e. The van der Waals surface area contributed by atoms with E-state index in [4.69, 9.17) is 0 Å². The smallest absolute Gasteiger partial charge is 0.440 e. The molecule has 0 aromatic heterocycles. The number of carbonyl (C=O) groups is 2. The van der Waals surface area contributed by atoms with Gasteiger partial charge in [0, 0.05) is 0 Å². The molecule has 68 valence electrons. The summed E-state index contributed by atoms with van der Waals surface area (Å²) in [6, 6.07) is 0. The molecule has 0 heterocycles. The van der Waals surface area contributed by atoms with Crippen molar-refractivity contribution in [1.82, 2.24) is 5.48 Å². The molecule has 1 N–H and O–H groups in total. The highest BCUT2D eigenvalue weighted by molar-refractivity contribution is 9.12. The van der Waals surface area contributed by atoms with Crippen LogP contribution in [-0.4, -0.2) is 18.7 Å². The number of nitrogens with one attached hydrogen (secondary N) is 1. The van der Waals surface area contributed by atoms with E-state index in [1.807, 2.05) is 0 Å². The predicted octanol–water partition coefficient (Wildman–Crippen LogP) is 1.10. The number of hydrogen-bond donors (Lipinski definition) is 1. The number of rotatable bonds is 2. The Hall–Kier alpha value is -1.04. The number of hydrogen-bond acceptors (Lipinski definition) is 4. The molecule has 0 fully saturated rings. The van der Waals surface area contributed by atoms with Crippen LogP contribution in [-0.2, 0) is 14.4 Å². The normalized spacial score (nSPS) is 8.50. The average molecular weight is 238 g/mol. The Morgan fingerprint density at radius 3 is 2.58 bits per heavy atom. The van der Waals surface area contributed by atoms with Gasteiger partial charge in [-0.25, -0.2) is 9.59 Å². The Morgan fingerprint density at radius 2 is 2.17 bits per heavy atom. The number of hydroxylamine groups is 1. The van der Waals surface area contributed by atoms with Gasteiger partial charge in [-0.15, -0.1) is 5.48 Å². The van der Waals surface area contributed by atoms with Crippen molar-refractivity contribution in [2.45, 2.75) is 6.92 Å². The lowest BCUT2D eigenvalue weighted by atomic mass is 10.7. The zero-order valence-corrected chi connectivity index (χ0v) is 8.01. The van der Waals surface area contributed by atoms with E-state index in [-0.39, 0.29) is 11.1 Å². The lowest BCUT2D eigenvalue weighted by Gasteiger charge is -2.03. The van der Waals surface area contributed by atoms with Crippen LogP contribution in [0.3, 0.4) is 0 Å². The molecule has 0 aliphatic rings. The summed E-state index contributed by atoms with van der Waals surface area (Å²) in [5.74, 6) is -0.775.